The summed E-state index contributed by atoms with van der Waals surface area (Å²) < 4.78 is 44.4. The molecule has 4 rings (SSSR count). The van der Waals surface area contributed by atoms with Gasteiger partial charge in [-0.05, 0) is 48.5 Å². The number of alkyl halides is 3. The molecular formula is C23H16F3NO3S. The number of amides is 2. The average Bonchev–Trinajstić information content (AvgIpc) is 3.28. The van der Waals surface area contributed by atoms with Crippen molar-refractivity contribution in [2.45, 2.75) is 19.6 Å². The number of imide groups is 1. The van der Waals surface area contributed by atoms with Crippen molar-refractivity contribution < 1.29 is 27.2 Å². The molecule has 0 radical (unpaired) electrons. The lowest BCUT2D eigenvalue weighted by Gasteiger charge is -2.12. The van der Waals surface area contributed by atoms with Gasteiger partial charge in [0.25, 0.3) is 11.1 Å². The van der Waals surface area contributed by atoms with Crippen LogP contribution in [0.3, 0.4) is 0 Å². The quantitative estimate of drug-likeness (QED) is 0.431. The van der Waals surface area contributed by atoms with Gasteiger partial charge < -0.3 is 4.42 Å². The van der Waals surface area contributed by atoms with Gasteiger partial charge in [0, 0.05) is 11.6 Å². The number of halogens is 3. The molecule has 8 heteroatoms. The molecule has 0 aliphatic carbocycles. The summed E-state index contributed by atoms with van der Waals surface area (Å²) in [7, 11) is 0. The third-order valence-electron chi connectivity index (χ3n) is 4.67. The van der Waals surface area contributed by atoms with Crippen molar-refractivity contribution in [3.63, 3.8) is 0 Å². The van der Waals surface area contributed by atoms with Gasteiger partial charge in [0.2, 0.25) is 0 Å². The van der Waals surface area contributed by atoms with Gasteiger partial charge in [0.15, 0.2) is 0 Å². The smallest absolute Gasteiger partial charge is 0.416 e. The van der Waals surface area contributed by atoms with E-state index in [-0.39, 0.29) is 33.8 Å². The molecule has 1 aromatic heterocycles. The van der Waals surface area contributed by atoms with Crippen molar-refractivity contribution in [1.82, 2.24) is 4.90 Å². The fraction of sp³-hybridized carbons (Fsp3) is 0.130. The highest BCUT2D eigenvalue weighted by Crippen LogP contribution is 2.35. The summed E-state index contributed by atoms with van der Waals surface area (Å²) in [5, 5.41) is -0.387. The van der Waals surface area contributed by atoms with Gasteiger partial charge in [0.1, 0.15) is 11.5 Å². The number of aryl methyl sites for hydroxylation is 1. The maximum Gasteiger partial charge on any atom is 0.416 e. The van der Waals surface area contributed by atoms with E-state index in [1.165, 1.54) is 24.3 Å². The fourth-order valence-electron chi connectivity index (χ4n) is 3.19. The summed E-state index contributed by atoms with van der Waals surface area (Å²) in [6.07, 6.45) is -3.03. The normalized spacial score (nSPS) is 15.9. The fourth-order valence-corrected chi connectivity index (χ4v) is 4.01. The third kappa shape index (κ3) is 4.59. The zero-order valence-electron chi connectivity index (χ0n) is 16.3. The molecule has 1 aliphatic heterocycles. The first kappa shape index (κ1) is 21.0. The second-order valence-corrected chi connectivity index (χ2v) is 8.03. The molecule has 0 spiro atoms. The third-order valence-corrected chi connectivity index (χ3v) is 5.58. The SMILES string of the molecule is Cc1cccc(CN2C(=O)S/C(=C/c3ccc(-c4cccc(C(F)(F)F)c4)o3)C2=O)c1. The highest BCUT2D eigenvalue weighted by molar-refractivity contribution is 8.18. The molecule has 2 heterocycles. The van der Waals surface area contributed by atoms with Gasteiger partial charge in [-0.3, -0.25) is 14.5 Å². The topological polar surface area (TPSA) is 50.5 Å². The monoisotopic (exact) mass is 443 g/mol. The number of nitrogens with zero attached hydrogens (tertiary/aromatic N) is 1. The molecular weight excluding hydrogens is 427 g/mol. The Hall–Kier alpha value is -3.26. The number of hydrogen-bond acceptors (Lipinski definition) is 4. The first-order valence-electron chi connectivity index (χ1n) is 9.29. The van der Waals surface area contributed by atoms with E-state index in [1.54, 1.807) is 6.07 Å². The van der Waals surface area contributed by atoms with Crippen LogP contribution in [0.1, 0.15) is 22.5 Å². The van der Waals surface area contributed by atoms with Crippen LogP contribution in [0, 0.1) is 6.92 Å². The van der Waals surface area contributed by atoms with Crippen LogP contribution in [0.2, 0.25) is 0 Å². The van der Waals surface area contributed by atoms with Crippen molar-refractivity contribution >= 4 is 29.0 Å². The minimum absolute atomic E-state index is 0.164. The van der Waals surface area contributed by atoms with Crippen molar-refractivity contribution in [1.29, 1.82) is 0 Å². The van der Waals surface area contributed by atoms with E-state index in [4.69, 9.17) is 4.42 Å². The van der Waals surface area contributed by atoms with Crippen LogP contribution in [0.4, 0.5) is 18.0 Å². The molecule has 3 aromatic rings. The maximum atomic E-state index is 12.9. The average molecular weight is 443 g/mol. The van der Waals surface area contributed by atoms with Crippen LogP contribution in [0.5, 0.6) is 0 Å². The number of furan rings is 1. The first-order chi connectivity index (χ1) is 14.7. The molecule has 0 atom stereocenters. The van der Waals surface area contributed by atoms with Crippen molar-refractivity contribution in [2.24, 2.45) is 0 Å². The van der Waals surface area contributed by atoms with Gasteiger partial charge in [-0.1, -0.05) is 42.0 Å². The van der Waals surface area contributed by atoms with Crippen LogP contribution >= 0.6 is 11.8 Å². The van der Waals surface area contributed by atoms with Gasteiger partial charge in [0.05, 0.1) is 17.0 Å². The number of rotatable bonds is 4. The van der Waals surface area contributed by atoms with E-state index in [0.29, 0.717) is 0 Å². The molecule has 31 heavy (non-hydrogen) atoms. The molecule has 0 saturated carbocycles. The van der Waals surface area contributed by atoms with Crippen molar-refractivity contribution in [2.75, 3.05) is 0 Å². The van der Waals surface area contributed by atoms with E-state index in [9.17, 15) is 22.8 Å². The van der Waals surface area contributed by atoms with E-state index >= 15 is 0 Å². The molecule has 1 aliphatic rings. The zero-order valence-corrected chi connectivity index (χ0v) is 17.1. The van der Waals surface area contributed by atoms with Gasteiger partial charge >= 0.3 is 6.18 Å². The van der Waals surface area contributed by atoms with E-state index in [2.05, 4.69) is 0 Å². The molecule has 0 N–H and O–H groups in total. The largest absolute Gasteiger partial charge is 0.457 e. The predicted octanol–water partition coefficient (Wildman–Crippen LogP) is 6.51. The van der Waals surface area contributed by atoms with Gasteiger partial charge in [-0.15, -0.1) is 0 Å². The molecule has 2 amide bonds. The Kier molecular flexibility index (Phi) is 5.49. The summed E-state index contributed by atoms with van der Waals surface area (Å²) in [5.74, 6) is 0.0679. The second-order valence-electron chi connectivity index (χ2n) is 7.04. The van der Waals surface area contributed by atoms with Crippen LogP contribution < -0.4 is 0 Å². The molecule has 1 fully saturated rings. The summed E-state index contributed by atoms with van der Waals surface area (Å²) in [6.45, 7) is 2.09. The lowest BCUT2D eigenvalue weighted by atomic mass is 10.1. The maximum absolute atomic E-state index is 12.9. The number of carbonyl (C=O) groups is 2. The van der Waals surface area contributed by atoms with Crippen LogP contribution in [-0.4, -0.2) is 16.0 Å². The molecule has 0 unspecified atom stereocenters. The lowest BCUT2D eigenvalue weighted by Crippen LogP contribution is -2.27. The Bertz CT molecular complexity index is 1200. The molecule has 4 nitrogen and oxygen atoms in total. The van der Waals surface area contributed by atoms with Crippen molar-refractivity contribution in [3.8, 4) is 11.3 Å². The van der Waals surface area contributed by atoms with Crippen LogP contribution in [0.15, 0.2) is 70.0 Å². The van der Waals surface area contributed by atoms with Gasteiger partial charge in [-0.2, -0.15) is 13.2 Å². The van der Waals surface area contributed by atoms with E-state index < -0.39 is 17.6 Å². The van der Waals surface area contributed by atoms with Crippen LogP contribution in [0.25, 0.3) is 17.4 Å². The highest BCUT2D eigenvalue weighted by Gasteiger charge is 2.35. The summed E-state index contributed by atoms with van der Waals surface area (Å²) in [5.41, 5.74) is 1.35. The summed E-state index contributed by atoms with van der Waals surface area (Å²) >= 11 is 0.801. The zero-order chi connectivity index (χ0) is 22.2. The molecule has 0 bridgehead atoms. The Labute approximate surface area is 180 Å². The Morgan fingerprint density at radius 3 is 2.55 bits per heavy atom. The number of hydrogen-bond donors (Lipinski definition) is 0. The minimum Gasteiger partial charge on any atom is -0.457 e. The molecule has 1 saturated heterocycles. The van der Waals surface area contributed by atoms with Crippen molar-refractivity contribution in [3.05, 3.63) is 88.0 Å². The van der Waals surface area contributed by atoms with Crippen LogP contribution in [-0.2, 0) is 17.5 Å². The van der Waals surface area contributed by atoms with Gasteiger partial charge in [-0.25, -0.2) is 0 Å². The van der Waals surface area contributed by atoms with E-state index in [1.807, 2.05) is 31.2 Å². The van der Waals surface area contributed by atoms with E-state index in [0.717, 1.165) is 39.9 Å². The Balaban J connectivity index is 1.54. The number of thioether (sulfide) groups is 1. The molecule has 2 aromatic carbocycles. The Morgan fingerprint density at radius 2 is 1.81 bits per heavy atom. The Morgan fingerprint density at radius 1 is 1.03 bits per heavy atom. The summed E-state index contributed by atoms with van der Waals surface area (Å²) in [4.78, 5) is 26.4. The minimum atomic E-state index is -4.46. The first-order valence-corrected chi connectivity index (χ1v) is 10.1. The molecule has 158 valence electrons. The number of benzene rings is 2. The lowest BCUT2D eigenvalue weighted by molar-refractivity contribution is -0.137. The summed E-state index contributed by atoms with van der Waals surface area (Å²) in [6, 6.07) is 15.4. The standard InChI is InChI=1S/C23H16F3NO3S/c1-14-4-2-5-15(10-14)13-27-21(28)20(31-22(27)29)12-18-8-9-19(30-18)16-6-3-7-17(11-16)23(24,25)26/h2-12H,13H2,1H3/b20-12+. The predicted molar refractivity (Wildman–Crippen MR) is 112 cm³/mol. The second kappa shape index (κ2) is 8.11. The highest BCUT2D eigenvalue weighted by atomic mass is 32.2. The number of carbonyl (C=O) groups excluding carboxylic acids is 2.